The molecule has 1 fully saturated rings. The number of carbonyl (C=O) groups excluding carboxylic acids is 2. The molecule has 0 radical (unpaired) electrons. The van der Waals surface area contributed by atoms with E-state index in [0.29, 0.717) is 22.8 Å². The van der Waals surface area contributed by atoms with Gasteiger partial charge in [-0.1, -0.05) is 18.2 Å². The number of nitriles is 1. The second-order valence-electron chi connectivity index (χ2n) is 5.45. The van der Waals surface area contributed by atoms with Crippen LogP contribution in [0.1, 0.15) is 15.9 Å². The fraction of sp³-hybridized carbons (Fsp3) is 0.167. The van der Waals surface area contributed by atoms with Crippen molar-refractivity contribution in [3.63, 3.8) is 0 Å². The summed E-state index contributed by atoms with van der Waals surface area (Å²) in [4.78, 5) is 26.6. The van der Waals surface area contributed by atoms with E-state index in [1.54, 1.807) is 24.3 Å². The summed E-state index contributed by atoms with van der Waals surface area (Å²) in [5, 5.41) is 11.5. The highest BCUT2D eigenvalue weighted by atomic mass is 32.2. The Morgan fingerprint density at radius 1 is 1.24 bits per heavy atom. The lowest BCUT2D eigenvalue weighted by molar-refractivity contribution is -0.119. The molecule has 0 spiro atoms. The Labute approximate surface area is 148 Å². The first-order valence-electron chi connectivity index (χ1n) is 7.54. The normalized spacial score (nSPS) is 16.3. The van der Waals surface area contributed by atoms with Crippen molar-refractivity contribution in [2.24, 2.45) is 0 Å². The number of halogens is 1. The van der Waals surface area contributed by atoms with E-state index in [0.717, 1.165) is 0 Å². The molecular weight excluding hydrogens is 341 g/mol. The molecule has 2 aromatic rings. The Morgan fingerprint density at radius 3 is 2.80 bits per heavy atom. The number of rotatable bonds is 3. The third-order valence-electron chi connectivity index (χ3n) is 3.82. The number of carbonyl (C=O) groups is 2. The molecule has 1 aliphatic rings. The van der Waals surface area contributed by atoms with Gasteiger partial charge in [0.1, 0.15) is 11.9 Å². The van der Waals surface area contributed by atoms with Crippen LogP contribution in [0.25, 0.3) is 0 Å². The maximum atomic E-state index is 13.7. The number of amides is 2. The molecule has 2 amide bonds. The van der Waals surface area contributed by atoms with E-state index in [2.05, 4.69) is 5.32 Å². The van der Waals surface area contributed by atoms with Crippen LogP contribution in [0, 0.1) is 17.1 Å². The van der Waals surface area contributed by atoms with Gasteiger partial charge in [0.25, 0.3) is 5.91 Å². The number of benzene rings is 2. The van der Waals surface area contributed by atoms with Crippen molar-refractivity contribution >= 4 is 29.3 Å². The molecule has 1 aliphatic heterocycles. The predicted octanol–water partition coefficient (Wildman–Crippen LogP) is 2.85. The zero-order chi connectivity index (χ0) is 17.8. The first-order valence-corrected chi connectivity index (χ1v) is 8.70. The molecule has 0 unspecified atom stereocenters. The van der Waals surface area contributed by atoms with Crippen molar-refractivity contribution in [2.45, 2.75) is 6.04 Å². The summed E-state index contributed by atoms with van der Waals surface area (Å²) < 4.78 is 13.7. The lowest BCUT2D eigenvalue weighted by atomic mass is 10.1. The average molecular weight is 355 g/mol. The lowest BCUT2D eigenvalue weighted by Crippen LogP contribution is -2.44. The number of hydrogen-bond acceptors (Lipinski definition) is 4. The highest BCUT2D eigenvalue weighted by Gasteiger charge is 2.35. The zero-order valence-corrected chi connectivity index (χ0v) is 13.9. The SMILES string of the molecule is N#Cc1cccc(C(=O)N2CSC[C@@H]2C(=O)Nc2ccccc2F)c1. The number of para-hydroxylation sites is 1. The van der Waals surface area contributed by atoms with E-state index < -0.39 is 17.8 Å². The molecule has 0 aromatic heterocycles. The van der Waals surface area contributed by atoms with Crippen LogP contribution in [0.4, 0.5) is 10.1 Å². The fourth-order valence-corrected chi connectivity index (χ4v) is 3.68. The molecule has 126 valence electrons. The zero-order valence-electron chi connectivity index (χ0n) is 13.1. The second-order valence-corrected chi connectivity index (χ2v) is 6.45. The van der Waals surface area contributed by atoms with Crippen LogP contribution in [0.3, 0.4) is 0 Å². The van der Waals surface area contributed by atoms with Gasteiger partial charge >= 0.3 is 0 Å². The van der Waals surface area contributed by atoms with Crippen LogP contribution >= 0.6 is 11.8 Å². The van der Waals surface area contributed by atoms with E-state index in [-0.39, 0.29) is 11.6 Å². The summed E-state index contributed by atoms with van der Waals surface area (Å²) in [5.74, 6) is -0.480. The molecular formula is C18H14FN3O2S. The summed E-state index contributed by atoms with van der Waals surface area (Å²) in [6, 6.07) is 13.5. The van der Waals surface area contributed by atoms with E-state index in [9.17, 15) is 14.0 Å². The molecule has 0 aliphatic carbocycles. The fourth-order valence-electron chi connectivity index (χ4n) is 2.53. The van der Waals surface area contributed by atoms with Crippen molar-refractivity contribution in [1.29, 1.82) is 5.26 Å². The van der Waals surface area contributed by atoms with Gasteiger partial charge in [-0.2, -0.15) is 5.26 Å². The number of thioether (sulfide) groups is 1. The average Bonchev–Trinajstić information content (AvgIpc) is 3.13. The first-order chi connectivity index (χ1) is 12.1. The van der Waals surface area contributed by atoms with Crippen molar-refractivity contribution in [3.05, 3.63) is 65.5 Å². The van der Waals surface area contributed by atoms with Gasteiger partial charge in [0.05, 0.1) is 23.2 Å². The van der Waals surface area contributed by atoms with Gasteiger partial charge in [-0.05, 0) is 30.3 Å². The molecule has 5 nitrogen and oxygen atoms in total. The molecule has 3 rings (SSSR count). The molecule has 1 N–H and O–H groups in total. The monoisotopic (exact) mass is 355 g/mol. The third kappa shape index (κ3) is 3.64. The minimum atomic E-state index is -0.692. The van der Waals surface area contributed by atoms with Gasteiger partial charge in [0, 0.05) is 11.3 Å². The predicted molar refractivity (Wildman–Crippen MR) is 93.5 cm³/mol. The Hall–Kier alpha value is -2.85. The minimum Gasteiger partial charge on any atom is -0.322 e. The van der Waals surface area contributed by atoms with E-state index in [4.69, 9.17) is 5.26 Å². The first kappa shape index (κ1) is 17.0. The maximum Gasteiger partial charge on any atom is 0.255 e. The highest BCUT2D eigenvalue weighted by molar-refractivity contribution is 7.99. The van der Waals surface area contributed by atoms with Gasteiger partial charge in [-0.25, -0.2) is 4.39 Å². The second kappa shape index (κ2) is 7.36. The molecule has 1 saturated heterocycles. The van der Waals surface area contributed by atoms with Crippen LogP contribution in [-0.2, 0) is 4.79 Å². The van der Waals surface area contributed by atoms with E-state index in [1.807, 2.05) is 6.07 Å². The largest absolute Gasteiger partial charge is 0.322 e. The van der Waals surface area contributed by atoms with Crippen molar-refractivity contribution in [1.82, 2.24) is 4.90 Å². The van der Waals surface area contributed by atoms with Crippen molar-refractivity contribution in [2.75, 3.05) is 16.9 Å². The lowest BCUT2D eigenvalue weighted by Gasteiger charge is -2.23. The maximum absolute atomic E-state index is 13.7. The molecule has 7 heteroatoms. The molecule has 2 aromatic carbocycles. The standard InChI is InChI=1S/C18H14FN3O2S/c19-14-6-1-2-7-15(14)21-17(23)16-10-25-11-22(16)18(24)13-5-3-4-12(8-13)9-20/h1-8,16H,10-11H2,(H,21,23)/t16-/m1/s1. The van der Waals surface area contributed by atoms with Crippen LogP contribution in [0.5, 0.6) is 0 Å². The summed E-state index contributed by atoms with van der Waals surface area (Å²) >= 11 is 1.45. The topological polar surface area (TPSA) is 73.2 Å². The van der Waals surface area contributed by atoms with Crippen LogP contribution in [0.15, 0.2) is 48.5 Å². The number of nitrogens with zero attached hydrogens (tertiary/aromatic N) is 2. The van der Waals surface area contributed by atoms with Gasteiger partial charge in [-0.15, -0.1) is 11.8 Å². The molecule has 0 bridgehead atoms. The Bertz CT molecular complexity index is 865. The molecule has 0 saturated carbocycles. The number of nitrogens with one attached hydrogen (secondary N) is 1. The summed E-state index contributed by atoms with van der Waals surface area (Å²) in [6.45, 7) is 0. The quantitative estimate of drug-likeness (QED) is 0.919. The summed E-state index contributed by atoms with van der Waals surface area (Å²) in [5.41, 5.74) is 0.818. The van der Waals surface area contributed by atoms with Crippen molar-refractivity contribution in [3.8, 4) is 6.07 Å². The Balaban J connectivity index is 1.78. The van der Waals surface area contributed by atoms with Gasteiger partial charge in [-0.3, -0.25) is 9.59 Å². The highest BCUT2D eigenvalue weighted by Crippen LogP contribution is 2.25. The summed E-state index contributed by atoms with van der Waals surface area (Å²) in [7, 11) is 0. The number of anilines is 1. The van der Waals surface area contributed by atoms with E-state index >= 15 is 0 Å². The van der Waals surface area contributed by atoms with Crippen LogP contribution in [-0.4, -0.2) is 34.4 Å². The number of hydrogen-bond donors (Lipinski definition) is 1. The van der Waals surface area contributed by atoms with Gasteiger partial charge in [0.15, 0.2) is 0 Å². The van der Waals surface area contributed by atoms with Gasteiger partial charge in [0.2, 0.25) is 5.91 Å². The summed E-state index contributed by atoms with van der Waals surface area (Å²) in [6.07, 6.45) is 0. The van der Waals surface area contributed by atoms with Gasteiger partial charge < -0.3 is 10.2 Å². The van der Waals surface area contributed by atoms with Crippen molar-refractivity contribution < 1.29 is 14.0 Å². The molecule has 25 heavy (non-hydrogen) atoms. The minimum absolute atomic E-state index is 0.0864. The molecule has 1 atom stereocenters. The van der Waals surface area contributed by atoms with Crippen LogP contribution < -0.4 is 5.32 Å². The van der Waals surface area contributed by atoms with Crippen LogP contribution in [0.2, 0.25) is 0 Å². The Kier molecular flexibility index (Phi) is 5.00. The Morgan fingerprint density at radius 2 is 2.04 bits per heavy atom. The molecule has 1 heterocycles. The smallest absolute Gasteiger partial charge is 0.255 e. The van der Waals surface area contributed by atoms with E-state index in [1.165, 1.54) is 40.9 Å². The third-order valence-corrected chi connectivity index (χ3v) is 4.83.